The van der Waals surface area contributed by atoms with Crippen LogP contribution in [0, 0.1) is 0 Å². The molecule has 0 atom stereocenters. The van der Waals surface area contributed by atoms with Crippen LogP contribution in [0.2, 0.25) is 5.02 Å². The second-order valence-electron chi connectivity index (χ2n) is 5.21. The first-order chi connectivity index (χ1) is 9.82. The van der Waals surface area contributed by atoms with E-state index in [0.717, 1.165) is 12.8 Å². The summed E-state index contributed by atoms with van der Waals surface area (Å²) in [4.78, 5) is 11.9. The van der Waals surface area contributed by atoms with E-state index in [9.17, 15) is 13.2 Å². The standard InChI is InChI=1S/C14H18ClNO4S/c1-10(2)20-14(17)11-5-6-12(15)13(9-11)21(18,19)16-7-3-4-8-16/h5-6,9-10H,3-4,7-8H2,1-2H3. The molecule has 0 unspecified atom stereocenters. The van der Waals surface area contributed by atoms with E-state index in [0.29, 0.717) is 13.1 Å². The maximum Gasteiger partial charge on any atom is 0.338 e. The number of ether oxygens (including phenoxy) is 1. The van der Waals surface area contributed by atoms with Gasteiger partial charge >= 0.3 is 5.97 Å². The average Bonchev–Trinajstić information content (AvgIpc) is 2.92. The molecule has 1 aromatic carbocycles. The first-order valence-corrected chi connectivity index (χ1v) is 8.65. The molecule has 2 rings (SSSR count). The Kier molecular flexibility index (Phi) is 4.91. The van der Waals surface area contributed by atoms with Crippen molar-refractivity contribution in [2.24, 2.45) is 0 Å². The van der Waals surface area contributed by atoms with Crippen molar-refractivity contribution in [2.75, 3.05) is 13.1 Å². The van der Waals surface area contributed by atoms with Crippen LogP contribution < -0.4 is 0 Å². The van der Waals surface area contributed by atoms with Gasteiger partial charge in [0, 0.05) is 13.1 Å². The van der Waals surface area contributed by atoms with Crippen LogP contribution in [0.25, 0.3) is 0 Å². The van der Waals surface area contributed by atoms with Crippen molar-refractivity contribution >= 4 is 27.6 Å². The third kappa shape index (κ3) is 3.56. The second kappa shape index (κ2) is 6.34. The molecule has 0 spiro atoms. The predicted molar refractivity (Wildman–Crippen MR) is 80.0 cm³/mol. The van der Waals surface area contributed by atoms with E-state index in [4.69, 9.17) is 16.3 Å². The Hall–Kier alpha value is -1.11. The third-order valence-electron chi connectivity index (χ3n) is 3.19. The molecule has 1 aromatic rings. The number of halogens is 1. The summed E-state index contributed by atoms with van der Waals surface area (Å²) in [7, 11) is -3.66. The molecular formula is C14H18ClNO4S. The number of hydrogen-bond acceptors (Lipinski definition) is 4. The molecule has 0 radical (unpaired) electrons. The molecule has 1 fully saturated rings. The fourth-order valence-corrected chi connectivity index (χ4v) is 4.20. The monoisotopic (exact) mass is 331 g/mol. The van der Waals surface area contributed by atoms with Gasteiger partial charge in [-0.05, 0) is 44.9 Å². The van der Waals surface area contributed by atoms with Crippen LogP contribution in [-0.4, -0.2) is 37.9 Å². The van der Waals surface area contributed by atoms with Gasteiger partial charge < -0.3 is 4.74 Å². The Labute approximate surface area is 129 Å². The van der Waals surface area contributed by atoms with Gasteiger partial charge in [-0.15, -0.1) is 0 Å². The van der Waals surface area contributed by atoms with Crippen LogP contribution in [0.1, 0.15) is 37.0 Å². The zero-order chi connectivity index (χ0) is 15.6. The molecule has 0 aromatic heterocycles. The van der Waals surface area contributed by atoms with Crippen molar-refractivity contribution in [3.8, 4) is 0 Å². The molecule has 0 bridgehead atoms. The number of carbonyl (C=O) groups is 1. The first-order valence-electron chi connectivity index (χ1n) is 6.83. The van der Waals surface area contributed by atoms with Crippen molar-refractivity contribution in [2.45, 2.75) is 37.7 Å². The van der Waals surface area contributed by atoms with Crippen molar-refractivity contribution in [1.29, 1.82) is 0 Å². The summed E-state index contributed by atoms with van der Waals surface area (Å²) < 4.78 is 31.6. The van der Waals surface area contributed by atoms with Crippen molar-refractivity contribution < 1.29 is 17.9 Å². The molecule has 0 N–H and O–H groups in total. The highest BCUT2D eigenvalue weighted by atomic mass is 35.5. The maximum atomic E-state index is 12.5. The van der Waals surface area contributed by atoms with Crippen LogP contribution >= 0.6 is 11.6 Å². The van der Waals surface area contributed by atoms with Gasteiger partial charge in [0.1, 0.15) is 4.90 Å². The summed E-state index contributed by atoms with van der Waals surface area (Å²) in [5.41, 5.74) is 0.186. The summed E-state index contributed by atoms with van der Waals surface area (Å²) in [5, 5.41) is 0.114. The van der Waals surface area contributed by atoms with Gasteiger partial charge in [-0.25, -0.2) is 13.2 Å². The molecule has 5 nitrogen and oxygen atoms in total. The topological polar surface area (TPSA) is 63.7 Å². The van der Waals surface area contributed by atoms with Gasteiger partial charge in [0.15, 0.2) is 0 Å². The number of benzene rings is 1. The van der Waals surface area contributed by atoms with Gasteiger partial charge in [-0.3, -0.25) is 0 Å². The van der Waals surface area contributed by atoms with Crippen LogP contribution in [0.15, 0.2) is 23.1 Å². The Bertz CT molecular complexity index is 636. The Morgan fingerprint density at radius 1 is 1.29 bits per heavy atom. The Morgan fingerprint density at radius 3 is 2.48 bits per heavy atom. The lowest BCUT2D eigenvalue weighted by Gasteiger charge is -2.17. The molecule has 0 amide bonds. The van der Waals surface area contributed by atoms with Crippen LogP contribution in [0.5, 0.6) is 0 Å². The number of sulfonamides is 1. The fourth-order valence-electron chi connectivity index (χ4n) is 2.18. The van der Waals surface area contributed by atoms with Gasteiger partial charge in [-0.2, -0.15) is 4.31 Å². The van der Waals surface area contributed by atoms with Gasteiger partial charge in [0.05, 0.1) is 16.7 Å². The second-order valence-corrected chi connectivity index (χ2v) is 7.52. The van der Waals surface area contributed by atoms with E-state index >= 15 is 0 Å². The Morgan fingerprint density at radius 2 is 1.90 bits per heavy atom. The number of rotatable bonds is 4. The Balaban J connectivity index is 2.37. The van der Waals surface area contributed by atoms with Crippen molar-refractivity contribution in [3.05, 3.63) is 28.8 Å². The molecule has 1 aliphatic heterocycles. The van der Waals surface area contributed by atoms with E-state index in [-0.39, 0.29) is 21.6 Å². The molecule has 0 saturated carbocycles. The minimum atomic E-state index is -3.66. The zero-order valence-electron chi connectivity index (χ0n) is 12.0. The summed E-state index contributed by atoms with van der Waals surface area (Å²) in [6, 6.07) is 4.18. The number of carbonyl (C=O) groups excluding carboxylic acids is 1. The van der Waals surface area contributed by atoms with Crippen LogP contribution in [-0.2, 0) is 14.8 Å². The zero-order valence-corrected chi connectivity index (χ0v) is 13.6. The predicted octanol–water partition coefficient (Wildman–Crippen LogP) is 2.69. The number of nitrogens with zero attached hydrogens (tertiary/aromatic N) is 1. The maximum absolute atomic E-state index is 12.5. The van der Waals surface area contributed by atoms with Crippen LogP contribution in [0.4, 0.5) is 0 Å². The summed E-state index contributed by atoms with van der Waals surface area (Å²) in [6.07, 6.45) is 1.41. The summed E-state index contributed by atoms with van der Waals surface area (Å²) in [6.45, 7) is 4.43. The summed E-state index contributed by atoms with van der Waals surface area (Å²) >= 11 is 6.01. The van der Waals surface area contributed by atoms with E-state index in [1.807, 2.05) is 0 Å². The largest absolute Gasteiger partial charge is 0.459 e. The molecule has 1 saturated heterocycles. The highest BCUT2D eigenvalue weighted by Crippen LogP contribution is 2.28. The minimum Gasteiger partial charge on any atom is -0.459 e. The molecule has 116 valence electrons. The molecule has 0 aliphatic carbocycles. The molecule has 1 heterocycles. The van der Waals surface area contributed by atoms with Crippen LogP contribution in [0.3, 0.4) is 0 Å². The normalized spacial score (nSPS) is 16.4. The molecule has 21 heavy (non-hydrogen) atoms. The van der Waals surface area contributed by atoms with Gasteiger partial charge in [0.2, 0.25) is 10.0 Å². The summed E-state index contributed by atoms with van der Waals surface area (Å²) in [5.74, 6) is -0.556. The quantitative estimate of drug-likeness (QED) is 0.796. The molecule has 1 aliphatic rings. The highest BCUT2D eigenvalue weighted by Gasteiger charge is 2.30. The highest BCUT2D eigenvalue weighted by molar-refractivity contribution is 7.89. The minimum absolute atomic E-state index is 0.0377. The smallest absolute Gasteiger partial charge is 0.338 e. The third-order valence-corrected chi connectivity index (χ3v) is 5.57. The lowest BCUT2D eigenvalue weighted by atomic mass is 10.2. The average molecular weight is 332 g/mol. The van der Waals surface area contributed by atoms with Crippen molar-refractivity contribution in [1.82, 2.24) is 4.31 Å². The SMILES string of the molecule is CC(C)OC(=O)c1ccc(Cl)c(S(=O)(=O)N2CCCC2)c1. The number of hydrogen-bond donors (Lipinski definition) is 0. The molecular weight excluding hydrogens is 314 g/mol. The molecule has 7 heteroatoms. The van der Waals surface area contributed by atoms with Gasteiger partial charge in [-0.1, -0.05) is 11.6 Å². The van der Waals surface area contributed by atoms with E-state index in [1.54, 1.807) is 13.8 Å². The van der Waals surface area contributed by atoms with E-state index in [1.165, 1.54) is 22.5 Å². The fraction of sp³-hybridized carbons (Fsp3) is 0.500. The lowest BCUT2D eigenvalue weighted by Crippen LogP contribution is -2.28. The van der Waals surface area contributed by atoms with E-state index in [2.05, 4.69) is 0 Å². The lowest BCUT2D eigenvalue weighted by molar-refractivity contribution is 0.0377. The van der Waals surface area contributed by atoms with Crippen molar-refractivity contribution in [3.63, 3.8) is 0 Å². The van der Waals surface area contributed by atoms with Gasteiger partial charge in [0.25, 0.3) is 0 Å². The first kappa shape index (κ1) is 16.3. The number of esters is 1. The van der Waals surface area contributed by atoms with E-state index < -0.39 is 16.0 Å².